The maximum absolute atomic E-state index is 12.0. The van der Waals surface area contributed by atoms with Gasteiger partial charge in [0, 0.05) is 24.2 Å². The lowest BCUT2D eigenvalue weighted by Crippen LogP contribution is -2.86. The summed E-state index contributed by atoms with van der Waals surface area (Å²) in [6.45, 7) is 9.63. The van der Waals surface area contributed by atoms with Crippen molar-refractivity contribution in [3.8, 4) is 0 Å². The number of carbonyl (C=O) groups excluding carboxylic acids is 1. The fourth-order valence-electron chi connectivity index (χ4n) is 8.50. The summed E-state index contributed by atoms with van der Waals surface area (Å²) in [6.07, 6.45) is -1.50. The summed E-state index contributed by atoms with van der Waals surface area (Å²) in [7, 11) is 0. The van der Waals surface area contributed by atoms with Crippen LogP contribution in [0.4, 0.5) is 0 Å². The summed E-state index contributed by atoms with van der Waals surface area (Å²) in [6, 6.07) is 0. The Morgan fingerprint density at radius 1 is 1.17 bits per heavy atom. The summed E-state index contributed by atoms with van der Waals surface area (Å²) in [5, 5.41) is 46.0. The third-order valence-corrected chi connectivity index (χ3v) is 9.40. The fourth-order valence-corrected chi connectivity index (χ4v) is 8.50. The maximum Gasteiger partial charge on any atom is 0.302 e. The molecule has 4 aliphatic carbocycles. The fraction of sp³-hybridized carbons (Fsp3) is 0.864. The molecule has 0 amide bonds. The number of rotatable bonds is 1. The molecule has 4 bridgehead atoms. The number of hydrogen-bond acceptors (Lipinski definition) is 7. The SMILES string of the molecule is C=C1[C@@H](O)[C@]23[C@H](O)[C@H]1CC[C@H]2[C@@]12CO[C@@]3(O)[C@@H](O)[C@@H]1C(C)(C)CC[C@@H]2OC(C)=O. The molecular formula is C22H32O7. The van der Waals surface area contributed by atoms with Crippen molar-refractivity contribution >= 4 is 5.97 Å². The van der Waals surface area contributed by atoms with E-state index in [9.17, 15) is 25.2 Å². The molecule has 0 aromatic heterocycles. The normalized spacial score (nSPS) is 57.2. The Morgan fingerprint density at radius 2 is 1.86 bits per heavy atom. The van der Waals surface area contributed by atoms with E-state index in [1.165, 1.54) is 6.92 Å². The van der Waals surface area contributed by atoms with Gasteiger partial charge in [0.1, 0.15) is 12.2 Å². The molecule has 0 radical (unpaired) electrons. The van der Waals surface area contributed by atoms with Gasteiger partial charge in [0.25, 0.3) is 0 Å². The lowest BCUT2D eigenvalue weighted by atomic mass is 9.35. The second-order valence-corrected chi connectivity index (χ2v) is 10.7. The molecule has 0 unspecified atom stereocenters. The highest BCUT2D eigenvalue weighted by molar-refractivity contribution is 5.66. The average molecular weight is 408 g/mol. The van der Waals surface area contributed by atoms with Gasteiger partial charge < -0.3 is 29.9 Å². The van der Waals surface area contributed by atoms with Crippen LogP contribution in [0.1, 0.15) is 46.5 Å². The minimum absolute atomic E-state index is 0.121. The van der Waals surface area contributed by atoms with E-state index in [1.807, 2.05) is 0 Å². The Labute approximate surface area is 170 Å². The predicted molar refractivity (Wildman–Crippen MR) is 101 cm³/mol. The molecule has 0 aromatic rings. The van der Waals surface area contributed by atoms with Gasteiger partial charge in [-0.05, 0) is 42.6 Å². The first-order valence-corrected chi connectivity index (χ1v) is 10.7. The molecule has 2 heterocycles. The van der Waals surface area contributed by atoms with Crippen molar-refractivity contribution in [1.82, 2.24) is 0 Å². The molecule has 4 N–H and O–H groups in total. The lowest BCUT2D eigenvalue weighted by molar-refractivity contribution is -0.476. The summed E-state index contributed by atoms with van der Waals surface area (Å²) >= 11 is 0. The molecule has 7 heteroatoms. The van der Waals surface area contributed by atoms with Gasteiger partial charge in [0.15, 0.2) is 0 Å². The minimum atomic E-state index is -2.09. The van der Waals surface area contributed by atoms with E-state index in [0.717, 1.165) is 6.42 Å². The standard InChI is InChI=1S/C22H32O7/c1-10-12-5-6-13-20-9-28-22(27,21(13,16(10)24)17(12)25)18(26)15(20)19(3,4)8-7-14(20)29-11(2)23/h12-18,24-27H,1,5-9H2,2-4H3/t12-,13-,14-,15+,16+,17+,18-,20+,21-,22-/m0/s1. The van der Waals surface area contributed by atoms with Crippen molar-refractivity contribution in [2.45, 2.75) is 76.7 Å². The third-order valence-electron chi connectivity index (χ3n) is 9.40. The molecule has 6 aliphatic rings. The van der Waals surface area contributed by atoms with Gasteiger partial charge >= 0.3 is 5.97 Å². The Hall–Kier alpha value is -0.990. The summed E-state index contributed by atoms with van der Waals surface area (Å²) < 4.78 is 11.8. The van der Waals surface area contributed by atoms with E-state index in [0.29, 0.717) is 24.8 Å². The van der Waals surface area contributed by atoms with Crippen LogP contribution >= 0.6 is 0 Å². The molecule has 2 aliphatic heterocycles. The van der Waals surface area contributed by atoms with Crippen LogP contribution in [0.15, 0.2) is 12.2 Å². The highest BCUT2D eigenvalue weighted by Crippen LogP contribution is 2.77. The van der Waals surface area contributed by atoms with E-state index in [4.69, 9.17) is 9.47 Å². The lowest BCUT2D eigenvalue weighted by Gasteiger charge is -2.75. The maximum atomic E-state index is 12.0. The Morgan fingerprint density at radius 3 is 2.52 bits per heavy atom. The van der Waals surface area contributed by atoms with E-state index in [-0.39, 0.29) is 23.9 Å². The van der Waals surface area contributed by atoms with Crippen LogP contribution < -0.4 is 0 Å². The summed E-state index contributed by atoms with van der Waals surface area (Å²) in [5.74, 6) is -3.60. The van der Waals surface area contributed by atoms with E-state index in [1.54, 1.807) is 0 Å². The monoisotopic (exact) mass is 408 g/mol. The highest BCUT2D eigenvalue weighted by atomic mass is 16.6. The molecule has 0 aromatic carbocycles. The van der Waals surface area contributed by atoms with Gasteiger partial charge in [-0.2, -0.15) is 0 Å². The van der Waals surface area contributed by atoms with Crippen molar-refractivity contribution in [2.75, 3.05) is 6.61 Å². The van der Waals surface area contributed by atoms with Crippen LogP contribution in [0.3, 0.4) is 0 Å². The zero-order chi connectivity index (χ0) is 21.1. The van der Waals surface area contributed by atoms with Crippen molar-refractivity contribution < 1.29 is 34.7 Å². The Kier molecular flexibility index (Phi) is 3.87. The largest absolute Gasteiger partial charge is 0.462 e. The Bertz CT molecular complexity index is 779. The number of hydrogen-bond donors (Lipinski definition) is 4. The van der Waals surface area contributed by atoms with Crippen molar-refractivity contribution in [3.63, 3.8) is 0 Å². The van der Waals surface area contributed by atoms with Crippen molar-refractivity contribution in [3.05, 3.63) is 12.2 Å². The van der Waals surface area contributed by atoms with Gasteiger partial charge in [0.05, 0.1) is 24.2 Å². The first kappa shape index (κ1) is 19.9. The van der Waals surface area contributed by atoms with Gasteiger partial charge in [-0.15, -0.1) is 0 Å². The third kappa shape index (κ3) is 1.91. The van der Waals surface area contributed by atoms with Gasteiger partial charge in [-0.3, -0.25) is 4.79 Å². The highest BCUT2D eigenvalue weighted by Gasteiger charge is 2.86. The molecule has 6 fully saturated rings. The van der Waals surface area contributed by atoms with Gasteiger partial charge in [-0.1, -0.05) is 20.4 Å². The zero-order valence-electron chi connectivity index (χ0n) is 17.3. The Balaban J connectivity index is 1.77. The minimum Gasteiger partial charge on any atom is -0.462 e. The molecule has 29 heavy (non-hydrogen) atoms. The number of fused-ring (bicyclic) bond motifs is 2. The van der Waals surface area contributed by atoms with Crippen LogP contribution in [0.25, 0.3) is 0 Å². The predicted octanol–water partition coefficient (Wildman–Crippen LogP) is 0.738. The van der Waals surface area contributed by atoms with E-state index in [2.05, 4.69) is 20.4 Å². The molecule has 6 rings (SSSR count). The van der Waals surface area contributed by atoms with E-state index < -0.39 is 52.9 Å². The second-order valence-electron chi connectivity index (χ2n) is 10.7. The van der Waals surface area contributed by atoms with Crippen LogP contribution in [-0.4, -0.2) is 63.2 Å². The van der Waals surface area contributed by atoms with Crippen LogP contribution in [0.2, 0.25) is 0 Å². The van der Waals surface area contributed by atoms with Gasteiger partial charge in [-0.25, -0.2) is 0 Å². The molecular weight excluding hydrogens is 376 g/mol. The van der Waals surface area contributed by atoms with Gasteiger partial charge in [0.2, 0.25) is 5.79 Å². The smallest absolute Gasteiger partial charge is 0.302 e. The second kappa shape index (κ2) is 5.62. The topological polar surface area (TPSA) is 116 Å². The molecule has 162 valence electrons. The number of esters is 1. The summed E-state index contributed by atoms with van der Waals surface area (Å²) in [4.78, 5) is 12.0. The first-order chi connectivity index (χ1) is 13.5. The quantitative estimate of drug-likeness (QED) is 0.373. The molecule has 4 saturated carbocycles. The average Bonchev–Trinajstić information content (AvgIpc) is 2.74. The molecule has 10 atom stereocenters. The van der Waals surface area contributed by atoms with Crippen molar-refractivity contribution in [2.24, 2.45) is 34.0 Å². The number of aliphatic hydroxyl groups excluding tert-OH is 3. The van der Waals surface area contributed by atoms with Crippen LogP contribution in [0.5, 0.6) is 0 Å². The first-order valence-electron chi connectivity index (χ1n) is 10.7. The number of aliphatic hydroxyl groups is 4. The molecule has 2 saturated heterocycles. The molecule has 2 spiro atoms. The number of carbonyl (C=O) groups is 1. The van der Waals surface area contributed by atoms with E-state index >= 15 is 0 Å². The van der Waals surface area contributed by atoms with Crippen LogP contribution in [0, 0.1) is 34.0 Å². The van der Waals surface area contributed by atoms with Crippen LogP contribution in [-0.2, 0) is 14.3 Å². The summed E-state index contributed by atoms with van der Waals surface area (Å²) in [5.41, 5.74) is -2.12. The molecule has 7 nitrogen and oxygen atoms in total. The number of ether oxygens (including phenoxy) is 2. The van der Waals surface area contributed by atoms with Crippen molar-refractivity contribution in [1.29, 1.82) is 0 Å². The zero-order valence-corrected chi connectivity index (χ0v) is 17.3.